The molecule has 1 aromatic rings. The average Bonchev–Trinajstić information content (AvgIpc) is 2.89. The second-order valence-corrected chi connectivity index (χ2v) is 5.45. The van der Waals surface area contributed by atoms with E-state index in [0.29, 0.717) is 35.8 Å². The molecule has 0 spiro atoms. The lowest BCUT2D eigenvalue weighted by atomic mass is 10.1. The highest BCUT2D eigenvalue weighted by atomic mass is 35.5. The molecule has 116 valence electrons. The van der Waals surface area contributed by atoms with E-state index < -0.39 is 0 Å². The number of carbonyl (C=O) groups excluding carboxylic acids is 1. The Morgan fingerprint density at radius 3 is 2.52 bits per heavy atom. The first-order valence-corrected chi connectivity index (χ1v) is 6.94. The van der Waals surface area contributed by atoms with Gasteiger partial charge in [-0.15, -0.1) is 12.4 Å². The first-order chi connectivity index (χ1) is 9.72. The van der Waals surface area contributed by atoms with Gasteiger partial charge in [-0.3, -0.25) is 4.79 Å². The fourth-order valence-corrected chi connectivity index (χ4v) is 3.05. The Hall–Kier alpha value is -1.46. The molecule has 1 saturated heterocycles. The molecule has 3 rings (SSSR count). The summed E-state index contributed by atoms with van der Waals surface area (Å²) >= 11 is 0. The maximum absolute atomic E-state index is 12.0. The molecular formula is C15H21ClN2O3. The van der Waals surface area contributed by atoms with Crippen molar-refractivity contribution >= 4 is 18.3 Å². The third kappa shape index (κ3) is 3.24. The van der Waals surface area contributed by atoms with Crippen LogP contribution in [0.2, 0.25) is 0 Å². The summed E-state index contributed by atoms with van der Waals surface area (Å²) in [5.41, 5.74) is 0.934. The highest BCUT2D eigenvalue weighted by molar-refractivity contribution is 5.85. The molecular weight excluding hydrogens is 292 g/mol. The van der Waals surface area contributed by atoms with Gasteiger partial charge in [0, 0.05) is 19.1 Å². The molecule has 1 aliphatic heterocycles. The molecule has 1 amide bonds. The minimum atomic E-state index is 0. The Morgan fingerprint density at radius 1 is 1.24 bits per heavy atom. The lowest BCUT2D eigenvalue weighted by Gasteiger charge is -2.10. The first kappa shape index (κ1) is 15.9. The summed E-state index contributed by atoms with van der Waals surface area (Å²) in [6.07, 6.45) is 0.379. The van der Waals surface area contributed by atoms with Gasteiger partial charge in [-0.1, -0.05) is 6.07 Å². The normalized spacial score (nSPS) is 25.5. The molecule has 1 aromatic carbocycles. The lowest BCUT2D eigenvalue weighted by Crippen LogP contribution is -2.33. The maximum atomic E-state index is 12.0. The predicted octanol–water partition coefficient (Wildman–Crippen LogP) is 1.00. The van der Waals surface area contributed by atoms with Gasteiger partial charge in [0.15, 0.2) is 11.5 Å². The second kappa shape index (κ2) is 6.54. The van der Waals surface area contributed by atoms with Crippen LogP contribution in [0.5, 0.6) is 11.5 Å². The van der Waals surface area contributed by atoms with E-state index in [1.165, 1.54) is 0 Å². The van der Waals surface area contributed by atoms with Gasteiger partial charge in [0.1, 0.15) is 0 Å². The van der Waals surface area contributed by atoms with E-state index in [2.05, 4.69) is 10.6 Å². The molecule has 2 atom stereocenters. The van der Waals surface area contributed by atoms with Crippen molar-refractivity contribution in [1.82, 2.24) is 10.6 Å². The Balaban J connectivity index is 0.00000161. The third-order valence-electron chi connectivity index (χ3n) is 4.23. The standard InChI is InChI=1S/C15H20N2O3.ClH/c1-19-12-4-3-9(5-13(12)20-2)6-14(18)17-15-10-7-16-8-11(10)15;/h3-5,10-11,15-16H,6-8H2,1-2H3,(H,17,18);1H. The molecule has 0 bridgehead atoms. The Kier molecular flexibility index (Phi) is 4.96. The van der Waals surface area contributed by atoms with Gasteiger partial charge >= 0.3 is 0 Å². The summed E-state index contributed by atoms with van der Waals surface area (Å²) in [6, 6.07) is 5.96. The number of benzene rings is 1. The van der Waals surface area contributed by atoms with E-state index in [1.807, 2.05) is 18.2 Å². The van der Waals surface area contributed by atoms with Gasteiger partial charge < -0.3 is 20.1 Å². The van der Waals surface area contributed by atoms with Gasteiger partial charge in [-0.05, 0) is 29.5 Å². The smallest absolute Gasteiger partial charge is 0.224 e. The van der Waals surface area contributed by atoms with Crippen molar-refractivity contribution in [2.24, 2.45) is 11.8 Å². The van der Waals surface area contributed by atoms with Crippen LogP contribution in [0.4, 0.5) is 0 Å². The monoisotopic (exact) mass is 312 g/mol. The number of fused-ring (bicyclic) bond motifs is 1. The van der Waals surface area contributed by atoms with Crippen LogP contribution in [0, 0.1) is 11.8 Å². The summed E-state index contributed by atoms with van der Waals surface area (Å²) in [7, 11) is 3.20. The molecule has 2 unspecified atom stereocenters. The molecule has 6 heteroatoms. The highest BCUT2D eigenvalue weighted by Gasteiger charge is 2.53. The van der Waals surface area contributed by atoms with Crippen molar-refractivity contribution in [3.05, 3.63) is 23.8 Å². The summed E-state index contributed by atoms with van der Waals surface area (Å²) in [4.78, 5) is 12.0. The Bertz CT molecular complexity index is 514. The maximum Gasteiger partial charge on any atom is 0.224 e. The van der Waals surface area contributed by atoms with Crippen molar-refractivity contribution < 1.29 is 14.3 Å². The fourth-order valence-electron chi connectivity index (χ4n) is 3.05. The minimum Gasteiger partial charge on any atom is -0.493 e. The van der Waals surface area contributed by atoms with E-state index in [1.54, 1.807) is 14.2 Å². The zero-order valence-corrected chi connectivity index (χ0v) is 13.0. The summed E-state index contributed by atoms with van der Waals surface area (Å²) in [5, 5.41) is 6.44. The highest BCUT2D eigenvalue weighted by Crippen LogP contribution is 2.41. The number of piperidine rings is 1. The number of rotatable bonds is 5. The van der Waals surface area contributed by atoms with E-state index in [-0.39, 0.29) is 18.3 Å². The second-order valence-electron chi connectivity index (χ2n) is 5.45. The van der Waals surface area contributed by atoms with Gasteiger partial charge in [-0.2, -0.15) is 0 Å². The number of hydrogen-bond donors (Lipinski definition) is 2. The van der Waals surface area contributed by atoms with Crippen LogP contribution >= 0.6 is 12.4 Å². The number of methoxy groups -OCH3 is 2. The van der Waals surface area contributed by atoms with Crippen LogP contribution < -0.4 is 20.1 Å². The molecule has 2 fully saturated rings. The molecule has 1 aliphatic carbocycles. The van der Waals surface area contributed by atoms with Gasteiger partial charge in [0.2, 0.25) is 5.91 Å². The quantitative estimate of drug-likeness (QED) is 0.852. The Labute approximate surface area is 130 Å². The van der Waals surface area contributed by atoms with Crippen molar-refractivity contribution in [2.45, 2.75) is 12.5 Å². The van der Waals surface area contributed by atoms with E-state index >= 15 is 0 Å². The van der Waals surface area contributed by atoms with Crippen LogP contribution in [0.1, 0.15) is 5.56 Å². The first-order valence-electron chi connectivity index (χ1n) is 6.94. The molecule has 0 aromatic heterocycles. The van der Waals surface area contributed by atoms with Crippen LogP contribution in [0.15, 0.2) is 18.2 Å². The SMILES string of the molecule is COc1ccc(CC(=O)NC2C3CNCC32)cc1OC.Cl. The number of hydrogen-bond acceptors (Lipinski definition) is 4. The van der Waals surface area contributed by atoms with Crippen LogP contribution in [0.25, 0.3) is 0 Å². The molecule has 0 radical (unpaired) electrons. The molecule has 1 saturated carbocycles. The number of halogens is 1. The predicted molar refractivity (Wildman–Crippen MR) is 82.3 cm³/mol. The van der Waals surface area contributed by atoms with Crippen molar-refractivity contribution in [3.63, 3.8) is 0 Å². The summed E-state index contributed by atoms with van der Waals surface area (Å²) in [6.45, 7) is 2.07. The number of amides is 1. The van der Waals surface area contributed by atoms with E-state index in [4.69, 9.17) is 9.47 Å². The van der Waals surface area contributed by atoms with Crippen LogP contribution in [-0.4, -0.2) is 39.3 Å². The summed E-state index contributed by atoms with van der Waals surface area (Å²) in [5.74, 6) is 2.70. The average molecular weight is 313 g/mol. The van der Waals surface area contributed by atoms with Crippen molar-refractivity contribution in [1.29, 1.82) is 0 Å². The van der Waals surface area contributed by atoms with Crippen molar-refractivity contribution in [2.75, 3.05) is 27.3 Å². The van der Waals surface area contributed by atoms with E-state index in [9.17, 15) is 4.79 Å². The zero-order chi connectivity index (χ0) is 14.1. The number of carbonyl (C=O) groups is 1. The van der Waals surface area contributed by atoms with E-state index in [0.717, 1.165) is 18.7 Å². The minimum absolute atomic E-state index is 0. The topological polar surface area (TPSA) is 59.6 Å². The fraction of sp³-hybridized carbons (Fsp3) is 0.533. The molecule has 1 heterocycles. The zero-order valence-electron chi connectivity index (χ0n) is 12.2. The van der Waals surface area contributed by atoms with Crippen LogP contribution in [-0.2, 0) is 11.2 Å². The Morgan fingerprint density at radius 2 is 1.90 bits per heavy atom. The van der Waals surface area contributed by atoms with Crippen LogP contribution in [0.3, 0.4) is 0 Å². The number of ether oxygens (including phenoxy) is 2. The molecule has 21 heavy (non-hydrogen) atoms. The molecule has 2 N–H and O–H groups in total. The van der Waals surface area contributed by atoms with Crippen molar-refractivity contribution in [3.8, 4) is 11.5 Å². The lowest BCUT2D eigenvalue weighted by molar-refractivity contribution is -0.120. The van der Waals surface area contributed by atoms with Gasteiger partial charge in [0.25, 0.3) is 0 Å². The van der Waals surface area contributed by atoms with Gasteiger partial charge in [0.05, 0.1) is 20.6 Å². The number of nitrogens with one attached hydrogen (secondary N) is 2. The molecule has 2 aliphatic rings. The van der Waals surface area contributed by atoms with Gasteiger partial charge in [-0.25, -0.2) is 0 Å². The largest absolute Gasteiger partial charge is 0.493 e. The third-order valence-corrected chi connectivity index (χ3v) is 4.23. The summed E-state index contributed by atoms with van der Waals surface area (Å²) < 4.78 is 10.4. The molecule has 5 nitrogen and oxygen atoms in total.